The number of para-hydroxylation sites is 1. The number of nitrogens with zero attached hydrogens (tertiary/aromatic N) is 3. The van der Waals surface area contributed by atoms with E-state index in [1.54, 1.807) is 46.9 Å². The van der Waals surface area contributed by atoms with E-state index in [2.05, 4.69) is 32.6 Å². The molecule has 3 N–H and O–H groups in total. The number of esters is 1. The van der Waals surface area contributed by atoms with Gasteiger partial charge in [-0.3, -0.25) is 14.6 Å². The first-order valence-corrected chi connectivity index (χ1v) is 20.9. The molecular weight excluding hydrogens is 790 g/mol. The number of benzene rings is 1. The number of nitrogens with one attached hydrogen (secondary N) is 2. The van der Waals surface area contributed by atoms with Gasteiger partial charge in [-0.1, -0.05) is 57.0 Å². The molecule has 0 unspecified atom stereocenters. The summed E-state index contributed by atoms with van der Waals surface area (Å²) >= 11 is 0. The van der Waals surface area contributed by atoms with Crippen LogP contribution in [0.2, 0.25) is 0 Å². The number of fused-ring (bicyclic) bond motifs is 2. The average Bonchev–Trinajstić information content (AvgIpc) is 3.83. The summed E-state index contributed by atoms with van der Waals surface area (Å²) in [5.74, 6) is 0.0780. The molecule has 3 aliphatic rings. The Morgan fingerprint density at radius 1 is 1.05 bits per heavy atom. The highest BCUT2D eigenvalue weighted by Crippen LogP contribution is 2.40. The van der Waals surface area contributed by atoms with Crippen LogP contribution < -0.4 is 10.6 Å². The van der Waals surface area contributed by atoms with Crippen molar-refractivity contribution in [3.8, 4) is 23.1 Å². The second kappa shape index (κ2) is 17.9. The Morgan fingerprint density at radius 2 is 1.77 bits per heavy atom. The number of halogens is 1. The predicted octanol–water partition coefficient (Wildman–Crippen LogP) is 4.77. The first kappa shape index (κ1) is 45.7. The summed E-state index contributed by atoms with van der Waals surface area (Å²) in [6, 6.07) is 9.41. The van der Waals surface area contributed by atoms with Crippen LogP contribution in [0.4, 0.5) is 9.18 Å². The van der Waals surface area contributed by atoms with Gasteiger partial charge in [-0.2, -0.15) is 0 Å². The number of aromatic nitrogens is 2. The molecular formula is C45H58FN5O10. The normalized spacial score (nSPS) is 36.3. The maximum absolute atomic E-state index is 16.9. The molecule has 0 aliphatic carbocycles. The van der Waals surface area contributed by atoms with Crippen molar-refractivity contribution < 1.29 is 52.1 Å². The molecule has 6 rings (SSSR count). The second-order valence-corrected chi connectivity index (χ2v) is 17.6. The summed E-state index contributed by atoms with van der Waals surface area (Å²) < 4.78 is 47.5. The van der Waals surface area contributed by atoms with Gasteiger partial charge in [-0.15, -0.1) is 0 Å². The van der Waals surface area contributed by atoms with E-state index in [0.717, 1.165) is 23.4 Å². The fourth-order valence-electron chi connectivity index (χ4n) is 9.28. The Kier molecular flexibility index (Phi) is 13.4. The van der Waals surface area contributed by atoms with E-state index in [-0.39, 0.29) is 37.1 Å². The highest BCUT2D eigenvalue weighted by Gasteiger charge is 2.58. The van der Waals surface area contributed by atoms with E-state index in [9.17, 15) is 24.3 Å². The van der Waals surface area contributed by atoms with Gasteiger partial charge in [0.2, 0.25) is 5.76 Å². The number of amides is 2. The smallest absolute Gasteiger partial charge is 0.351 e. The summed E-state index contributed by atoms with van der Waals surface area (Å²) in [5, 5.41) is 22.3. The molecule has 16 heteroatoms. The number of ketones is 2. The number of carbonyl (C=O) groups is 4. The van der Waals surface area contributed by atoms with Crippen molar-refractivity contribution in [2.45, 2.75) is 134 Å². The van der Waals surface area contributed by atoms with Gasteiger partial charge in [0.15, 0.2) is 12.1 Å². The Morgan fingerprint density at radius 3 is 2.48 bits per heavy atom. The third-order valence-electron chi connectivity index (χ3n) is 12.7. The van der Waals surface area contributed by atoms with Gasteiger partial charge in [0.25, 0.3) is 5.67 Å². The monoisotopic (exact) mass is 847 g/mol. The summed E-state index contributed by atoms with van der Waals surface area (Å²) in [7, 11) is 3.62. The zero-order chi connectivity index (χ0) is 44.6. The lowest BCUT2D eigenvalue weighted by Crippen LogP contribution is -2.63. The quantitative estimate of drug-likeness (QED) is 0.168. The van der Waals surface area contributed by atoms with E-state index < -0.39 is 89.0 Å². The largest absolute Gasteiger partial charge is 0.457 e. The lowest BCUT2D eigenvalue weighted by atomic mass is 9.72. The van der Waals surface area contributed by atoms with Crippen molar-refractivity contribution in [1.29, 1.82) is 0 Å². The number of likely N-dealkylation sites (N-methyl/N-ethyl adjacent to an activating group) is 1. The first-order valence-electron chi connectivity index (χ1n) is 20.9. The fraction of sp³-hybridized carbons (Fsp3) is 0.600. The molecule has 2 aromatic heterocycles. The minimum Gasteiger partial charge on any atom is -0.457 e. The SMILES string of the molecule is CC[C@H]1OC(=O)[C@](C)(F)C(=O)[C@H](C)[C@@H](O[C@@H]2O[C@H](C)C[C@H](N(C)C)[C@H]2O)[C@](C)(OCC#Cc2cc(-c3cnc4ccccc4c3)no2)C[C@@H](C)C(=O)[C@H](C)[C@H]2NC(=O)N[C@@]21C. The fourth-order valence-corrected chi connectivity index (χ4v) is 9.28. The summed E-state index contributed by atoms with van der Waals surface area (Å²) in [6.45, 7) is 12.1. The number of ether oxygens (including phenoxy) is 4. The van der Waals surface area contributed by atoms with Crippen LogP contribution in [0.3, 0.4) is 0 Å². The van der Waals surface area contributed by atoms with E-state index in [0.29, 0.717) is 12.1 Å². The number of cyclic esters (lactones) is 1. The van der Waals surface area contributed by atoms with Crippen molar-refractivity contribution >= 4 is 34.5 Å². The van der Waals surface area contributed by atoms with E-state index in [4.69, 9.17) is 23.5 Å². The molecule has 3 fully saturated rings. The maximum atomic E-state index is 16.9. The number of aliphatic hydroxyl groups is 1. The van der Waals surface area contributed by atoms with Gasteiger partial charge in [0.05, 0.1) is 34.9 Å². The molecule has 2 amide bonds. The van der Waals surface area contributed by atoms with Crippen LogP contribution in [0.15, 0.2) is 47.1 Å². The second-order valence-electron chi connectivity index (χ2n) is 17.6. The molecule has 0 saturated carbocycles. The molecule has 0 bridgehead atoms. The zero-order valence-corrected chi connectivity index (χ0v) is 36.5. The van der Waals surface area contributed by atoms with Gasteiger partial charge >= 0.3 is 12.0 Å². The number of aliphatic hydroxyl groups excluding tert-OH is 1. The molecule has 13 atom stereocenters. The molecule has 0 radical (unpaired) electrons. The summed E-state index contributed by atoms with van der Waals surface area (Å²) in [4.78, 5) is 61.9. The van der Waals surface area contributed by atoms with Crippen LogP contribution in [0.5, 0.6) is 0 Å². The van der Waals surface area contributed by atoms with E-state index in [1.807, 2.05) is 56.3 Å². The van der Waals surface area contributed by atoms with Crippen LogP contribution >= 0.6 is 0 Å². The number of alkyl halides is 1. The van der Waals surface area contributed by atoms with Crippen LogP contribution in [-0.2, 0) is 33.3 Å². The number of hydrogen-bond donors (Lipinski definition) is 3. The number of Topliss-reactive ketones (excluding diaryl/α,β-unsaturated/α-hetero) is 2. The third kappa shape index (κ3) is 9.22. The molecule has 1 aromatic carbocycles. The topological polar surface area (TPSA) is 192 Å². The molecule has 0 spiro atoms. The van der Waals surface area contributed by atoms with Crippen LogP contribution in [-0.4, -0.2) is 124 Å². The number of pyridine rings is 1. The number of urea groups is 1. The molecule has 61 heavy (non-hydrogen) atoms. The van der Waals surface area contributed by atoms with Gasteiger partial charge in [-0.25, -0.2) is 14.0 Å². The number of rotatable bonds is 7. The molecule has 15 nitrogen and oxygen atoms in total. The predicted molar refractivity (Wildman–Crippen MR) is 221 cm³/mol. The van der Waals surface area contributed by atoms with Crippen molar-refractivity contribution in [2.24, 2.45) is 17.8 Å². The third-order valence-corrected chi connectivity index (χ3v) is 12.7. The van der Waals surface area contributed by atoms with Gasteiger partial charge in [-0.05, 0) is 79.1 Å². The van der Waals surface area contributed by atoms with Crippen molar-refractivity contribution in [2.75, 3.05) is 20.7 Å². The molecule has 3 saturated heterocycles. The maximum Gasteiger partial charge on any atom is 0.351 e. The summed E-state index contributed by atoms with van der Waals surface area (Å²) in [6.07, 6.45) is -3.27. The Balaban J connectivity index is 1.38. The van der Waals surface area contributed by atoms with Crippen molar-refractivity contribution in [3.63, 3.8) is 0 Å². The average molecular weight is 848 g/mol. The number of carbonyl (C=O) groups excluding carboxylic acids is 4. The van der Waals surface area contributed by atoms with Gasteiger partial charge in [0, 0.05) is 47.0 Å². The van der Waals surface area contributed by atoms with Crippen LogP contribution in [0.1, 0.15) is 80.4 Å². The Labute approximate surface area is 355 Å². The highest BCUT2D eigenvalue weighted by molar-refractivity contribution is 6.08. The molecule has 3 aliphatic heterocycles. The van der Waals surface area contributed by atoms with Crippen molar-refractivity contribution in [3.05, 3.63) is 48.4 Å². The molecule has 5 heterocycles. The Bertz CT molecular complexity index is 2190. The first-order chi connectivity index (χ1) is 28.7. The van der Waals surface area contributed by atoms with E-state index >= 15 is 4.39 Å². The lowest BCUT2D eigenvalue weighted by Gasteiger charge is -2.47. The van der Waals surface area contributed by atoms with Crippen LogP contribution in [0.25, 0.3) is 22.2 Å². The van der Waals surface area contributed by atoms with Crippen LogP contribution in [0, 0.1) is 29.6 Å². The Hall–Kier alpha value is -4.79. The molecule has 330 valence electrons. The standard InChI is InChI=1S/C45H58FN5O10/c1-11-34-45(8)37(48-42(56)49-45)26(4)35(52)24(2)22-43(6,57-18-14-16-30-21-32(50-61-30)29-20-28-15-12-13-17-31(28)47-23-29)39(27(5)38(54)44(7,46)41(55)59-34)60-40-36(53)33(51(9)10)19-25(3)58-40/h12-13,15,17,20-21,23-27,33-34,36-37,39-40,53H,11,18-19,22H2,1-10H3,(H2,48,49,56)/t24-,25-,26+,27+,33+,34-,36-,37-,39-,40+,43-,44-,45-/m1/s1. The number of hydrogen-bond acceptors (Lipinski definition) is 13. The zero-order valence-electron chi connectivity index (χ0n) is 36.5. The summed E-state index contributed by atoms with van der Waals surface area (Å²) in [5.41, 5.74) is -4.10. The van der Waals surface area contributed by atoms with Gasteiger partial charge in [0.1, 0.15) is 30.3 Å². The van der Waals surface area contributed by atoms with Gasteiger partial charge < -0.3 is 44.1 Å². The minimum atomic E-state index is -3.20. The minimum absolute atomic E-state index is 0.0908. The lowest BCUT2D eigenvalue weighted by molar-refractivity contribution is -0.296. The van der Waals surface area contributed by atoms with Crippen molar-refractivity contribution in [1.82, 2.24) is 25.7 Å². The highest BCUT2D eigenvalue weighted by atomic mass is 19.1. The van der Waals surface area contributed by atoms with E-state index in [1.165, 1.54) is 6.92 Å². The molecule has 3 aromatic rings.